The van der Waals surface area contributed by atoms with Crippen LogP contribution in [0.4, 0.5) is 14.6 Å². The first kappa shape index (κ1) is 14.7. The molecule has 0 saturated heterocycles. The number of halogens is 3. The zero-order valence-electron chi connectivity index (χ0n) is 10.8. The van der Waals surface area contributed by atoms with E-state index < -0.39 is 11.6 Å². The molecule has 0 bridgehead atoms. The zero-order chi connectivity index (χ0) is 14.5. The Morgan fingerprint density at radius 3 is 2.85 bits per heavy atom. The van der Waals surface area contributed by atoms with Crippen molar-refractivity contribution in [3.63, 3.8) is 0 Å². The molecular formula is C14H13BrF2N2O. The predicted octanol–water partition coefficient (Wildman–Crippen LogP) is 4.13. The molecule has 1 N–H and O–H groups in total. The molecule has 0 atom stereocenters. The Kier molecular flexibility index (Phi) is 4.89. The lowest BCUT2D eigenvalue weighted by Gasteiger charge is -2.12. The summed E-state index contributed by atoms with van der Waals surface area (Å²) >= 11 is 3.08. The van der Waals surface area contributed by atoms with Gasteiger partial charge in [0.05, 0.1) is 4.47 Å². The number of benzene rings is 1. The zero-order valence-corrected chi connectivity index (χ0v) is 12.4. The molecule has 2 aromatic rings. The molecule has 20 heavy (non-hydrogen) atoms. The fraction of sp³-hybridized carbons (Fsp3) is 0.214. The summed E-state index contributed by atoms with van der Waals surface area (Å²) in [4.78, 5) is 4.18. The van der Waals surface area contributed by atoms with Gasteiger partial charge in [0.25, 0.3) is 0 Å². The summed E-state index contributed by atoms with van der Waals surface area (Å²) < 4.78 is 32.3. The van der Waals surface area contributed by atoms with Crippen LogP contribution >= 0.6 is 15.9 Å². The lowest BCUT2D eigenvalue weighted by atomic mass is 10.2. The molecular weight excluding hydrogens is 330 g/mol. The normalized spacial score (nSPS) is 10.4. The molecule has 0 radical (unpaired) electrons. The molecule has 0 spiro atoms. The van der Waals surface area contributed by atoms with Crippen molar-refractivity contribution in [3.05, 3.63) is 52.1 Å². The van der Waals surface area contributed by atoms with Gasteiger partial charge >= 0.3 is 0 Å². The summed E-state index contributed by atoms with van der Waals surface area (Å²) in [6, 6.07) is 5.55. The van der Waals surface area contributed by atoms with Crippen molar-refractivity contribution in [2.45, 2.75) is 13.5 Å². The molecule has 1 heterocycles. The van der Waals surface area contributed by atoms with Crippen molar-refractivity contribution in [1.29, 1.82) is 0 Å². The highest BCUT2D eigenvalue weighted by Gasteiger charge is 2.12. The Labute approximate surface area is 124 Å². The van der Waals surface area contributed by atoms with Crippen LogP contribution in [-0.2, 0) is 6.61 Å². The first-order valence-corrected chi connectivity index (χ1v) is 6.86. The van der Waals surface area contributed by atoms with Gasteiger partial charge < -0.3 is 10.1 Å². The largest absolute Gasteiger partial charge is 0.484 e. The van der Waals surface area contributed by atoms with Crippen molar-refractivity contribution >= 4 is 21.7 Å². The van der Waals surface area contributed by atoms with Crippen LogP contribution in [0.1, 0.15) is 12.5 Å². The summed E-state index contributed by atoms with van der Waals surface area (Å²) in [5, 5.41) is 3.09. The lowest BCUT2D eigenvalue weighted by molar-refractivity contribution is 0.287. The SMILES string of the molecule is CCNc1ncccc1COc1c(F)cc(F)cc1Br. The van der Waals surface area contributed by atoms with Crippen molar-refractivity contribution in [2.24, 2.45) is 0 Å². The van der Waals surface area contributed by atoms with Gasteiger partial charge in [-0.1, -0.05) is 6.07 Å². The second-order valence-corrected chi connectivity index (χ2v) is 4.88. The Balaban J connectivity index is 2.17. The average molecular weight is 343 g/mol. The van der Waals surface area contributed by atoms with E-state index in [2.05, 4.69) is 26.2 Å². The van der Waals surface area contributed by atoms with Gasteiger partial charge in [-0.3, -0.25) is 0 Å². The molecule has 0 aliphatic carbocycles. The van der Waals surface area contributed by atoms with Gasteiger partial charge in [-0.2, -0.15) is 0 Å². The quantitative estimate of drug-likeness (QED) is 0.886. The van der Waals surface area contributed by atoms with Crippen LogP contribution in [0.15, 0.2) is 34.9 Å². The second-order valence-electron chi connectivity index (χ2n) is 4.03. The van der Waals surface area contributed by atoms with E-state index in [4.69, 9.17) is 4.74 Å². The molecule has 0 aliphatic heterocycles. The van der Waals surface area contributed by atoms with Gasteiger partial charge in [-0.05, 0) is 35.0 Å². The fourth-order valence-corrected chi connectivity index (χ4v) is 2.22. The number of nitrogens with one attached hydrogen (secondary N) is 1. The molecule has 0 unspecified atom stereocenters. The number of ether oxygens (including phenoxy) is 1. The van der Waals surface area contributed by atoms with Crippen LogP contribution in [-0.4, -0.2) is 11.5 Å². The van der Waals surface area contributed by atoms with Crippen LogP contribution in [0.5, 0.6) is 5.75 Å². The number of rotatable bonds is 5. The highest BCUT2D eigenvalue weighted by molar-refractivity contribution is 9.10. The van der Waals surface area contributed by atoms with E-state index in [1.807, 2.05) is 13.0 Å². The fourth-order valence-electron chi connectivity index (χ4n) is 1.70. The van der Waals surface area contributed by atoms with E-state index in [-0.39, 0.29) is 16.8 Å². The first-order valence-electron chi connectivity index (χ1n) is 6.07. The third-order valence-electron chi connectivity index (χ3n) is 2.57. The van der Waals surface area contributed by atoms with Gasteiger partial charge in [0, 0.05) is 24.4 Å². The first-order chi connectivity index (χ1) is 9.61. The number of anilines is 1. The van der Waals surface area contributed by atoms with E-state index in [9.17, 15) is 8.78 Å². The molecule has 1 aromatic heterocycles. The van der Waals surface area contributed by atoms with E-state index in [0.717, 1.165) is 24.2 Å². The second kappa shape index (κ2) is 6.65. The third-order valence-corrected chi connectivity index (χ3v) is 3.16. The summed E-state index contributed by atoms with van der Waals surface area (Å²) in [5.74, 6) is -0.728. The van der Waals surface area contributed by atoms with Crippen LogP contribution < -0.4 is 10.1 Å². The Bertz CT molecular complexity index is 584. The van der Waals surface area contributed by atoms with Crippen LogP contribution in [0.25, 0.3) is 0 Å². The van der Waals surface area contributed by atoms with E-state index in [1.165, 1.54) is 0 Å². The highest BCUT2D eigenvalue weighted by Crippen LogP contribution is 2.30. The molecule has 6 heteroatoms. The summed E-state index contributed by atoms with van der Waals surface area (Å²) in [5.41, 5.74) is 0.796. The maximum atomic E-state index is 13.6. The average Bonchev–Trinajstić information content (AvgIpc) is 2.39. The maximum Gasteiger partial charge on any atom is 0.169 e. The summed E-state index contributed by atoms with van der Waals surface area (Å²) in [6.07, 6.45) is 1.66. The van der Waals surface area contributed by atoms with Crippen molar-refractivity contribution in [2.75, 3.05) is 11.9 Å². The van der Waals surface area contributed by atoms with Crippen molar-refractivity contribution in [1.82, 2.24) is 4.98 Å². The van der Waals surface area contributed by atoms with E-state index in [0.29, 0.717) is 5.82 Å². The molecule has 0 fully saturated rings. The smallest absolute Gasteiger partial charge is 0.169 e. The number of hydrogen-bond acceptors (Lipinski definition) is 3. The topological polar surface area (TPSA) is 34.2 Å². The predicted molar refractivity (Wildman–Crippen MR) is 76.8 cm³/mol. The molecule has 0 aliphatic rings. The third kappa shape index (κ3) is 3.45. The molecule has 106 valence electrons. The number of pyridine rings is 1. The van der Waals surface area contributed by atoms with E-state index in [1.54, 1.807) is 12.3 Å². The Hall–Kier alpha value is -1.69. The minimum atomic E-state index is -0.745. The van der Waals surface area contributed by atoms with Gasteiger partial charge in [-0.15, -0.1) is 0 Å². The van der Waals surface area contributed by atoms with Gasteiger partial charge in [0.2, 0.25) is 0 Å². The summed E-state index contributed by atoms with van der Waals surface area (Å²) in [7, 11) is 0. The molecule has 1 aromatic carbocycles. The van der Waals surface area contributed by atoms with Gasteiger partial charge in [0.1, 0.15) is 18.2 Å². The van der Waals surface area contributed by atoms with Gasteiger partial charge in [0.15, 0.2) is 11.6 Å². The van der Waals surface area contributed by atoms with Crippen molar-refractivity contribution < 1.29 is 13.5 Å². The highest BCUT2D eigenvalue weighted by atomic mass is 79.9. The molecule has 0 saturated carbocycles. The minimum Gasteiger partial charge on any atom is -0.484 e. The van der Waals surface area contributed by atoms with E-state index >= 15 is 0 Å². The Morgan fingerprint density at radius 1 is 1.35 bits per heavy atom. The number of hydrogen-bond donors (Lipinski definition) is 1. The number of aromatic nitrogens is 1. The maximum absolute atomic E-state index is 13.6. The monoisotopic (exact) mass is 342 g/mol. The Morgan fingerprint density at radius 2 is 2.15 bits per heavy atom. The molecule has 2 rings (SSSR count). The molecule has 3 nitrogen and oxygen atoms in total. The van der Waals surface area contributed by atoms with Gasteiger partial charge in [-0.25, -0.2) is 13.8 Å². The minimum absolute atomic E-state index is 0.0160. The standard InChI is InChI=1S/C14H13BrF2N2O/c1-2-18-14-9(4-3-5-19-14)8-20-13-11(15)6-10(16)7-12(13)17/h3-7H,2,8H2,1H3,(H,18,19). The number of nitrogens with zero attached hydrogens (tertiary/aromatic N) is 1. The lowest BCUT2D eigenvalue weighted by Crippen LogP contribution is -2.06. The van der Waals surface area contributed by atoms with Crippen LogP contribution in [0.2, 0.25) is 0 Å². The van der Waals surface area contributed by atoms with Crippen molar-refractivity contribution in [3.8, 4) is 5.75 Å². The van der Waals surface area contributed by atoms with Crippen LogP contribution in [0, 0.1) is 11.6 Å². The molecule has 0 amide bonds. The van der Waals surface area contributed by atoms with Crippen LogP contribution in [0.3, 0.4) is 0 Å². The summed E-state index contributed by atoms with van der Waals surface area (Å²) in [6.45, 7) is 2.81.